The zero-order chi connectivity index (χ0) is 89.5. The highest BCUT2D eigenvalue weighted by Gasteiger charge is 2.26. The van der Waals surface area contributed by atoms with Gasteiger partial charge in [-0.1, -0.05) is 247 Å². The van der Waals surface area contributed by atoms with Crippen LogP contribution < -0.4 is 9.30 Å². The van der Waals surface area contributed by atoms with E-state index in [1.165, 1.54) is 22.9 Å². The summed E-state index contributed by atoms with van der Waals surface area (Å²) >= 11 is 0. The Morgan fingerprint density at radius 1 is 0.424 bits per heavy atom. The average Bonchev–Trinajstić information content (AvgIpc) is 1.52. The van der Waals surface area contributed by atoms with Crippen molar-refractivity contribution in [3.05, 3.63) is 320 Å². The minimum absolute atomic E-state index is 0.0712. The summed E-state index contributed by atoms with van der Waals surface area (Å²) in [5.41, 5.74) is -4.22. The number of imidazole rings is 1. The maximum atomic E-state index is 10.7. The Kier molecular flexibility index (Phi) is 8.26. The zero-order valence-electron chi connectivity index (χ0n) is 81.3. The largest absolute Gasteiger partial charge is 0.458 e. The van der Waals surface area contributed by atoms with Crippen LogP contribution >= 0.6 is 0 Å². The summed E-state index contributed by atoms with van der Waals surface area (Å²) in [6.45, 7) is 9.49. The molecule has 3 heterocycles. The molecule has 0 unspecified atom stereocenters. The molecule has 0 fully saturated rings. The van der Waals surface area contributed by atoms with Gasteiger partial charge in [-0.15, -0.1) is 0 Å². The van der Waals surface area contributed by atoms with Crippen LogP contribution in [0.15, 0.2) is 297 Å². The Morgan fingerprint density at radius 3 is 1.57 bits per heavy atom. The molecule has 0 spiro atoms. The number of hydrogen-bond donors (Lipinski definition) is 0. The number of nitrogens with zero attached hydrogens (tertiary/aromatic N) is 4. The molecule has 0 aliphatic rings. The molecule has 0 radical (unpaired) electrons. The molecule has 0 N–H and O–H groups in total. The van der Waals surface area contributed by atoms with Gasteiger partial charge in [-0.2, -0.15) is 0 Å². The summed E-state index contributed by atoms with van der Waals surface area (Å²) in [6.07, 6.45) is 4.61. The number of ether oxygens (including phenoxy) is 1. The molecular weight excluding hydrogens is 1120 g/mol. The van der Waals surface area contributed by atoms with Gasteiger partial charge >= 0.3 is 0 Å². The molecule has 5 heteroatoms. The SMILES string of the molecule is [2H]c1c([2H])c([2H])c(-c2cc(-c3c([2H])c([2H])c([2H])c([2H])c3[2H])c(-[n+]3[c-]n(-c4cccc(Oc5ccc6c7ccccc7n(-c7cc(C([2H])([2H])[2H])c(-c8c([2H])c([2H])c([2H])c([2H])c8[2H])cn7)c6c5)c4)c4cc(-c5cc(C(C)(C)C)cc(C(C)(C)C)c5)ccc43)c(-c3c([2H])c(-c4c([2H])c([2H])c([2H])c([2H])c4[2H])c([2H])c(-c4c([2H])c([2H])c([2H])c([2H])c4[2H])c3[2H])c2)c([2H])c1[2H]. The predicted octanol–water partition coefficient (Wildman–Crippen LogP) is 22.6. The summed E-state index contributed by atoms with van der Waals surface area (Å²) in [6, 6.07) is 9.11. The van der Waals surface area contributed by atoms with Crippen molar-refractivity contribution < 1.29 is 51.8 Å². The van der Waals surface area contributed by atoms with Crippen molar-refractivity contribution in [3.8, 4) is 107 Å². The lowest BCUT2D eigenvalue weighted by Gasteiger charge is -2.26. The Balaban J connectivity index is 1.07. The highest BCUT2D eigenvalue weighted by Crippen LogP contribution is 2.44. The number of benzene rings is 12. The lowest BCUT2D eigenvalue weighted by atomic mass is 9.79. The van der Waals surface area contributed by atoms with Gasteiger partial charge in [0.05, 0.1) is 71.8 Å². The minimum Gasteiger partial charge on any atom is -0.458 e. The van der Waals surface area contributed by atoms with Crippen molar-refractivity contribution >= 4 is 32.8 Å². The molecule has 12 aromatic carbocycles. The van der Waals surface area contributed by atoms with Crippen LogP contribution in [0, 0.1) is 13.2 Å². The normalized spacial score (nSPS) is 16.7. The standard InChI is InChI=1S/C87H70N4O/c1-58-44-84(88-56-79(58)63-34-21-12-22-35-63)91-80-39-24-23-38-75(80)76-42-41-74(55-82(76)91)92-73-37-25-36-72(54-73)89-57-90(81-43-40-64(52-83(81)89)67-48-70(86(2,3)4)53-71(49-67)87(5,6)7)85-77(62-32-19-11-20-33-62)50-68(61-30-17-10-18-31-61)51-78(85)69-46-65(59-26-13-8-14-27-59)45-66(47-69)60-28-15-9-16-29-60/h8-56H,1-7H3/i1D3,8D,9D,10D,11D,12D,13D,14D,15D,16D,17D,18D,19D,20D,21D,22D,26D,27D,28D,29D,30D,31D,32D,33D,34D,35D,45D,46D,47D. The van der Waals surface area contributed by atoms with Crippen LogP contribution in [0.3, 0.4) is 0 Å². The fraction of sp³-hybridized carbons (Fsp3) is 0.103. The van der Waals surface area contributed by atoms with Crippen molar-refractivity contribution in [1.29, 1.82) is 0 Å². The van der Waals surface area contributed by atoms with Gasteiger partial charge in [-0.05, 0) is 185 Å². The number of rotatable bonds is 12. The summed E-state index contributed by atoms with van der Waals surface area (Å²) < 4.78 is 296. The van der Waals surface area contributed by atoms with Gasteiger partial charge in [0.15, 0.2) is 0 Å². The molecule has 15 rings (SSSR count). The first-order valence-electron chi connectivity index (χ1n) is 44.8. The third-order valence-electron chi connectivity index (χ3n) is 15.9. The molecule has 444 valence electrons. The van der Waals surface area contributed by atoms with Crippen molar-refractivity contribution in [2.24, 2.45) is 0 Å². The molecule has 15 aromatic rings. The summed E-state index contributed by atoms with van der Waals surface area (Å²) in [7, 11) is 0. The lowest BCUT2D eigenvalue weighted by molar-refractivity contribution is -0.571. The summed E-state index contributed by atoms with van der Waals surface area (Å²) in [4.78, 5) is 4.73. The number of fused-ring (bicyclic) bond motifs is 4. The maximum absolute atomic E-state index is 10.7. The number of aryl methyl sites for hydroxylation is 1. The fourth-order valence-electron chi connectivity index (χ4n) is 11.3. The van der Waals surface area contributed by atoms with Crippen molar-refractivity contribution in [3.63, 3.8) is 0 Å². The Bertz CT molecular complexity index is 6880. The van der Waals surface area contributed by atoms with E-state index in [1.54, 1.807) is 75.9 Å². The first-order valence-corrected chi connectivity index (χ1v) is 29.3. The molecular formula is C87H70N4O. The number of aromatic nitrogens is 4. The first-order chi connectivity index (χ1) is 57.6. The van der Waals surface area contributed by atoms with E-state index < -0.39 is 248 Å². The Labute approximate surface area is 583 Å². The summed E-state index contributed by atoms with van der Waals surface area (Å²) in [5.74, 6) is 0.432. The van der Waals surface area contributed by atoms with Gasteiger partial charge in [0.1, 0.15) is 17.3 Å². The van der Waals surface area contributed by atoms with E-state index in [0.717, 1.165) is 22.8 Å². The Hall–Kier alpha value is -11.1. The van der Waals surface area contributed by atoms with E-state index in [0.29, 0.717) is 27.4 Å². The molecule has 3 aromatic heterocycles. The van der Waals surface area contributed by atoms with E-state index >= 15 is 0 Å². The van der Waals surface area contributed by atoms with Crippen molar-refractivity contribution in [2.75, 3.05) is 0 Å². The van der Waals surface area contributed by atoms with Gasteiger partial charge < -0.3 is 4.74 Å². The molecule has 0 aliphatic carbocycles. The summed E-state index contributed by atoms with van der Waals surface area (Å²) in [5, 5.41) is 1.35. The minimum atomic E-state index is -2.93. The van der Waals surface area contributed by atoms with Crippen molar-refractivity contribution in [2.45, 2.75) is 59.2 Å². The highest BCUT2D eigenvalue weighted by atomic mass is 16.5. The van der Waals surface area contributed by atoms with E-state index in [-0.39, 0.29) is 50.7 Å². The molecule has 92 heavy (non-hydrogen) atoms. The number of pyridine rings is 1. The highest BCUT2D eigenvalue weighted by molar-refractivity contribution is 6.09. The lowest BCUT2D eigenvalue weighted by Crippen LogP contribution is -2.31. The van der Waals surface area contributed by atoms with Crippen LogP contribution in [-0.4, -0.2) is 14.1 Å². The molecule has 0 saturated heterocycles. The Morgan fingerprint density at radius 2 is 0.957 bits per heavy atom. The van der Waals surface area contributed by atoms with Crippen LogP contribution in [0.1, 0.15) is 101 Å². The van der Waals surface area contributed by atoms with Gasteiger partial charge in [0, 0.05) is 32.7 Å². The van der Waals surface area contributed by atoms with Crippen LogP contribution in [0.4, 0.5) is 0 Å². The number of hydrogen-bond acceptors (Lipinski definition) is 2. The smallest absolute Gasteiger partial charge is 0.269 e. The van der Waals surface area contributed by atoms with Gasteiger partial charge in [0.25, 0.3) is 6.33 Å². The average molecular weight is 1220 g/mol. The van der Waals surface area contributed by atoms with Gasteiger partial charge in [-0.25, -0.2) is 4.98 Å². The topological polar surface area (TPSA) is 35.9 Å². The predicted molar refractivity (Wildman–Crippen MR) is 382 cm³/mol. The van der Waals surface area contributed by atoms with Crippen LogP contribution in [-0.2, 0) is 10.8 Å². The molecule has 0 amide bonds. The molecule has 0 bridgehead atoms. The molecule has 5 nitrogen and oxygen atoms in total. The maximum Gasteiger partial charge on any atom is 0.269 e. The molecule has 0 aliphatic heterocycles. The van der Waals surface area contributed by atoms with E-state index in [2.05, 4.69) is 53.9 Å². The van der Waals surface area contributed by atoms with Gasteiger partial charge in [-0.3, -0.25) is 13.7 Å². The number of para-hydroxylation sites is 1. The van der Waals surface area contributed by atoms with E-state index in [4.69, 9.17) is 34.4 Å². The molecule has 0 atom stereocenters. The third kappa shape index (κ3) is 11.0. The molecule has 0 saturated carbocycles. The zero-order valence-corrected chi connectivity index (χ0v) is 50.3. The quantitative estimate of drug-likeness (QED) is 0.0903. The van der Waals surface area contributed by atoms with Crippen LogP contribution in [0.2, 0.25) is 0 Å². The second-order valence-corrected chi connectivity index (χ2v) is 23.9. The second-order valence-electron chi connectivity index (χ2n) is 23.9. The fourth-order valence-corrected chi connectivity index (χ4v) is 11.3. The first kappa shape index (κ1) is 32.6. The monoisotopic (exact) mass is 1220 g/mol. The third-order valence-corrected chi connectivity index (χ3v) is 15.9. The second kappa shape index (κ2) is 23.3. The van der Waals surface area contributed by atoms with Crippen LogP contribution in [0.5, 0.6) is 11.5 Å². The van der Waals surface area contributed by atoms with E-state index in [9.17, 15) is 17.8 Å². The van der Waals surface area contributed by atoms with Crippen LogP contribution in [0.25, 0.3) is 128 Å². The van der Waals surface area contributed by atoms with E-state index in [1.807, 2.05) is 30.3 Å². The van der Waals surface area contributed by atoms with Crippen molar-refractivity contribution in [1.82, 2.24) is 14.1 Å². The van der Waals surface area contributed by atoms with Gasteiger partial charge in [0.2, 0.25) is 0 Å².